The fraction of sp³-hybridized carbons (Fsp3) is 0.421. The van der Waals surface area contributed by atoms with Crippen LogP contribution in [0.4, 0.5) is 4.39 Å². The molecule has 9 heteroatoms. The lowest BCUT2D eigenvalue weighted by molar-refractivity contribution is -0.141. The van der Waals surface area contributed by atoms with E-state index in [2.05, 4.69) is 15.6 Å². The SMILES string of the molecule is CCc1ncc(C(=O)NC23CC(NC(=O)COc4ccc(Cl)c(F)c4)(C2)C3)s1. The van der Waals surface area contributed by atoms with Crippen LogP contribution in [-0.2, 0) is 11.2 Å². The zero-order valence-electron chi connectivity index (χ0n) is 15.2. The van der Waals surface area contributed by atoms with Crippen molar-refractivity contribution >= 4 is 34.8 Å². The van der Waals surface area contributed by atoms with E-state index in [-0.39, 0.29) is 40.3 Å². The number of nitrogens with one attached hydrogen (secondary N) is 2. The third-order valence-electron chi connectivity index (χ3n) is 5.15. The van der Waals surface area contributed by atoms with E-state index in [4.69, 9.17) is 16.3 Å². The number of aromatic nitrogens is 1. The second-order valence-electron chi connectivity index (χ2n) is 7.43. The van der Waals surface area contributed by atoms with Gasteiger partial charge in [0.05, 0.1) is 16.2 Å². The van der Waals surface area contributed by atoms with Gasteiger partial charge in [0.2, 0.25) is 0 Å². The fourth-order valence-electron chi connectivity index (χ4n) is 3.98. The number of benzene rings is 1. The van der Waals surface area contributed by atoms with E-state index in [9.17, 15) is 14.0 Å². The van der Waals surface area contributed by atoms with Gasteiger partial charge in [-0.25, -0.2) is 9.37 Å². The average Bonchev–Trinajstić information content (AvgIpc) is 3.09. The maximum Gasteiger partial charge on any atom is 0.263 e. The zero-order valence-corrected chi connectivity index (χ0v) is 16.8. The van der Waals surface area contributed by atoms with Crippen LogP contribution in [-0.4, -0.2) is 34.5 Å². The van der Waals surface area contributed by atoms with Gasteiger partial charge in [-0.3, -0.25) is 9.59 Å². The van der Waals surface area contributed by atoms with Crippen LogP contribution < -0.4 is 15.4 Å². The van der Waals surface area contributed by atoms with Gasteiger partial charge in [0.1, 0.15) is 16.4 Å². The van der Waals surface area contributed by atoms with Crippen LogP contribution in [0, 0.1) is 5.82 Å². The molecular formula is C19H19ClFN3O3S. The van der Waals surface area contributed by atoms with Crippen molar-refractivity contribution in [3.05, 3.63) is 45.1 Å². The largest absolute Gasteiger partial charge is 0.484 e. The summed E-state index contributed by atoms with van der Waals surface area (Å²) in [6, 6.07) is 4.03. The lowest BCUT2D eigenvalue weighted by atomic mass is 9.44. The smallest absolute Gasteiger partial charge is 0.263 e. The summed E-state index contributed by atoms with van der Waals surface area (Å²) >= 11 is 7.02. The molecule has 6 nitrogen and oxygen atoms in total. The number of amides is 2. The van der Waals surface area contributed by atoms with E-state index in [1.165, 1.54) is 23.5 Å². The standard InChI is InChI=1S/C19H19ClFN3O3S/c1-2-16-22-6-14(28-16)17(26)24-19-8-18(9-19,10-19)23-15(25)7-27-11-3-4-12(20)13(21)5-11/h3-6H,2,7-10H2,1H3,(H,23,25)(H,24,26). The summed E-state index contributed by atoms with van der Waals surface area (Å²) in [4.78, 5) is 29.3. The quantitative estimate of drug-likeness (QED) is 0.717. The van der Waals surface area contributed by atoms with Gasteiger partial charge in [-0.1, -0.05) is 18.5 Å². The Kier molecular flexibility index (Phi) is 4.79. The first-order valence-corrected chi connectivity index (χ1v) is 10.2. The van der Waals surface area contributed by atoms with Crippen molar-refractivity contribution in [3.8, 4) is 5.75 Å². The highest BCUT2D eigenvalue weighted by Gasteiger charge is 2.69. The Hall–Kier alpha value is -2.19. The van der Waals surface area contributed by atoms with E-state index >= 15 is 0 Å². The second kappa shape index (κ2) is 7.00. The summed E-state index contributed by atoms with van der Waals surface area (Å²) in [6.45, 7) is 1.80. The molecule has 3 aliphatic rings. The lowest BCUT2D eigenvalue weighted by Crippen LogP contribution is -2.84. The Labute approximate surface area is 170 Å². The summed E-state index contributed by atoms with van der Waals surface area (Å²) in [7, 11) is 0. The number of aryl methyl sites for hydroxylation is 1. The molecule has 1 heterocycles. The molecule has 0 atom stereocenters. The third-order valence-corrected chi connectivity index (χ3v) is 6.60. The molecule has 3 aliphatic carbocycles. The molecule has 0 aliphatic heterocycles. The summed E-state index contributed by atoms with van der Waals surface area (Å²) in [6.07, 6.45) is 4.52. The van der Waals surface area contributed by atoms with Crippen LogP contribution >= 0.6 is 22.9 Å². The molecule has 0 radical (unpaired) electrons. The van der Waals surface area contributed by atoms with Crippen molar-refractivity contribution in [3.63, 3.8) is 0 Å². The maximum atomic E-state index is 13.4. The van der Waals surface area contributed by atoms with Crippen molar-refractivity contribution in [2.24, 2.45) is 0 Å². The minimum atomic E-state index is -0.594. The second-order valence-corrected chi connectivity index (χ2v) is 8.95. The van der Waals surface area contributed by atoms with Crippen LogP contribution in [0.3, 0.4) is 0 Å². The normalized spacial score (nSPS) is 24.7. The fourth-order valence-corrected chi connectivity index (χ4v) is 4.85. The van der Waals surface area contributed by atoms with E-state index in [0.29, 0.717) is 24.1 Å². The molecule has 1 aromatic heterocycles. The van der Waals surface area contributed by atoms with Crippen LogP contribution in [0.2, 0.25) is 5.02 Å². The molecule has 3 fully saturated rings. The highest BCUT2D eigenvalue weighted by molar-refractivity contribution is 7.13. The van der Waals surface area contributed by atoms with E-state index in [1.54, 1.807) is 6.20 Å². The van der Waals surface area contributed by atoms with Crippen molar-refractivity contribution in [1.29, 1.82) is 0 Å². The van der Waals surface area contributed by atoms with E-state index in [0.717, 1.165) is 17.5 Å². The number of carbonyl (C=O) groups is 2. The van der Waals surface area contributed by atoms with Gasteiger partial charge in [0, 0.05) is 17.1 Å². The molecule has 2 amide bonds. The number of halogens is 2. The van der Waals surface area contributed by atoms with Gasteiger partial charge >= 0.3 is 0 Å². The molecule has 0 spiro atoms. The Balaban J connectivity index is 1.23. The van der Waals surface area contributed by atoms with E-state index < -0.39 is 5.82 Å². The molecule has 3 saturated carbocycles. The first kappa shape index (κ1) is 19.1. The van der Waals surface area contributed by atoms with Crippen LogP contribution in [0.15, 0.2) is 24.4 Å². The average molecular weight is 424 g/mol. The molecule has 1 aromatic carbocycles. The predicted molar refractivity (Wildman–Crippen MR) is 103 cm³/mol. The van der Waals surface area contributed by atoms with Crippen LogP contribution in [0.25, 0.3) is 0 Å². The molecule has 148 valence electrons. The molecule has 0 saturated heterocycles. The lowest BCUT2D eigenvalue weighted by Gasteiger charge is -2.70. The van der Waals surface area contributed by atoms with Crippen molar-refractivity contribution < 1.29 is 18.7 Å². The minimum Gasteiger partial charge on any atom is -0.484 e. The highest BCUT2D eigenvalue weighted by atomic mass is 35.5. The zero-order chi connectivity index (χ0) is 19.9. The highest BCUT2D eigenvalue weighted by Crippen LogP contribution is 2.60. The first-order valence-electron chi connectivity index (χ1n) is 8.98. The van der Waals surface area contributed by atoms with Crippen molar-refractivity contribution in [2.75, 3.05) is 6.61 Å². The Morgan fingerprint density at radius 1 is 1.29 bits per heavy atom. The van der Waals surface area contributed by atoms with Crippen molar-refractivity contribution in [1.82, 2.24) is 15.6 Å². The first-order chi connectivity index (χ1) is 13.3. The molecule has 2 N–H and O–H groups in total. The summed E-state index contributed by atoms with van der Waals surface area (Å²) in [5.41, 5.74) is -0.512. The molecular weight excluding hydrogens is 405 g/mol. The third kappa shape index (κ3) is 3.58. The van der Waals surface area contributed by atoms with Gasteiger partial charge in [0.25, 0.3) is 11.8 Å². The predicted octanol–water partition coefficient (Wildman–Crippen LogP) is 3.10. The maximum absolute atomic E-state index is 13.4. The number of hydrogen-bond donors (Lipinski definition) is 2. The minimum absolute atomic E-state index is 0.00209. The Morgan fingerprint density at radius 3 is 2.64 bits per heavy atom. The summed E-state index contributed by atoms with van der Waals surface area (Å²) in [5.74, 6) is -0.729. The van der Waals surface area contributed by atoms with Crippen LogP contribution in [0.5, 0.6) is 5.75 Å². The Bertz CT molecular complexity index is 928. The molecule has 0 unspecified atom stereocenters. The molecule has 5 rings (SSSR count). The summed E-state index contributed by atoms with van der Waals surface area (Å²) < 4.78 is 18.7. The molecule has 28 heavy (non-hydrogen) atoms. The molecule has 2 bridgehead atoms. The number of thiazole rings is 1. The number of carbonyl (C=O) groups excluding carboxylic acids is 2. The van der Waals surface area contributed by atoms with Crippen LogP contribution in [0.1, 0.15) is 40.9 Å². The van der Waals surface area contributed by atoms with Gasteiger partial charge in [-0.05, 0) is 37.8 Å². The molecule has 2 aromatic rings. The van der Waals surface area contributed by atoms with Gasteiger partial charge in [-0.15, -0.1) is 11.3 Å². The van der Waals surface area contributed by atoms with Gasteiger partial charge < -0.3 is 15.4 Å². The Morgan fingerprint density at radius 2 is 2.00 bits per heavy atom. The number of nitrogens with zero attached hydrogens (tertiary/aromatic N) is 1. The number of rotatable bonds is 7. The topological polar surface area (TPSA) is 80.3 Å². The number of ether oxygens (including phenoxy) is 1. The summed E-state index contributed by atoms with van der Waals surface area (Å²) in [5, 5.41) is 6.97. The van der Waals surface area contributed by atoms with E-state index in [1.807, 2.05) is 6.92 Å². The van der Waals surface area contributed by atoms with Crippen molar-refractivity contribution in [2.45, 2.75) is 43.7 Å². The number of hydrogen-bond acceptors (Lipinski definition) is 5. The monoisotopic (exact) mass is 423 g/mol. The van der Waals surface area contributed by atoms with Gasteiger partial charge in [0.15, 0.2) is 6.61 Å². The van der Waals surface area contributed by atoms with Gasteiger partial charge in [-0.2, -0.15) is 0 Å².